The van der Waals surface area contributed by atoms with Gasteiger partial charge < -0.3 is 4.98 Å². The largest absolute Gasteiger partial charge is 0.330 e. The molecular weight excluding hydrogens is 411 g/mol. The Hall–Kier alpha value is -0.620. The summed E-state index contributed by atoms with van der Waals surface area (Å²) in [5, 5.41) is 0.679. The van der Waals surface area contributed by atoms with Crippen molar-refractivity contribution in [3.05, 3.63) is 55.1 Å². The van der Waals surface area contributed by atoms with Crippen LogP contribution in [0.15, 0.2) is 45.3 Å². The quantitative estimate of drug-likeness (QED) is 0.491. The molecule has 1 N–H and O–H groups in total. The predicted molar refractivity (Wildman–Crippen MR) is 88.9 cm³/mol. The summed E-state index contributed by atoms with van der Waals surface area (Å²) in [7, 11) is 0. The van der Waals surface area contributed by atoms with Crippen molar-refractivity contribution in [1.29, 1.82) is 0 Å². The molecule has 1 aromatic heterocycles. The number of fused-ring (bicyclic) bond motifs is 1. The fraction of sp³-hybridized carbons (Fsp3) is 0. The molecule has 1 heterocycles. The zero-order chi connectivity index (χ0) is 13.6. The Morgan fingerprint density at radius 2 is 1.79 bits per heavy atom. The van der Waals surface area contributed by atoms with Crippen molar-refractivity contribution < 1.29 is 0 Å². The van der Waals surface area contributed by atoms with E-state index in [1.54, 1.807) is 0 Å². The normalized spacial score (nSPS) is 11.1. The first kappa shape index (κ1) is 13.4. The van der Waals surface area contributed by atoms with E-state index < -0.39 is 0 Å². The minimum Gasteiger partial charge on any atom is -0.330 e. The Morgan fingerprint density at radius 1 is 1.11 bits per heavy atom. The highest BCUT2D eigenvalue weighted by atomic mass is 79.9. The molecule has 0 aliphatic heterocycles. The van der Waals surface area contributed by atoms with Gasteiger partial charge in [-0.2, -0.15) is 0 Å². The lowest BCUT2D eigenvalue weighted by Gasteiger charge is -2.09. The minimum absolute atomic E-state index is 0.630. The number of nitrogens with one attached hydrogen (secondary N) is 1. The van der Waals surface area contributed by atoms with Gasteiger partial charge in [0.15, 0.2) is 4.77 Å². The summed E-state index contributed by atoms with van der Waals surface area (Å²) in [6.45, 7) is 0. The van der Waals surface area contributed by atoms with Crippen molar-refractivity contribution in [2.75, 3.05) is 0 Å². The third-order valence-corrected chi connectivity index (χ3v) is 4.61. The van der Waals surface area contributed by atoms with Crippen LogP contribution in [0.25, 0.3) is 16.7 Å². The Morgan fingerprint density at radius 3 is 2.47 bits per heavy atom. The number of benzene rings is 2. The second-order valence-electron chi connectivity index (χ2n) is 4.00. The highest BCUT2D eigenvalue weighted by Gasteiger charge is 2.12. The molecule has 0 bridgehead atoms. The Bertz CT molecular complexity index is 818. The van der Waals surface area contributed by atoms with E-state index in [0.29, 0.717) is 9.79 Å². The molecule has 0 radical (unpaired) electrons. The summed E-state index contributed by atoms with van der Waals surface area (Å²) in [4.78, 5) is 3.18. The molecule has 3 rings (SSSR count). The smallest absolute Gasteiger partial charge is 0.182 e. The molecule has 96 valence electrons. The van der Waals surface area contributed by atoms with Gasteiger partial charge in [0.25, 0.3) is 0 Å². The van der Waals surface area contributed by atoms with Gasteiger partial charge in [-0.1, -0.05) is 17.7 Å². The number of hydrogen-bond acceptors (Lipinski definition) is 1. The fourth-order valence-electron chi connectivity index (χ4n) is 2.00. The van der Waals surface area contributed by atoms with Crippen LogP contribution in [0.3, 0.4) is 0 Å². The second-order valence-corrected chi connectivity index (χ2v) is 6.53. The van der Waals surface area contributed by atoms with Gasteiger partial charge in [-0.05, 0) is 74.4 Å². The van der Waals surface area contributed by atoms with Gasteiger partial charge >= 0.3 is 0 Å². The topological polar surface area (TPSA) is 20.7 Å². The summed E-state index contributed by atoms with van der Waals surface area (Å²) < 4.78 is 4.51. The van der Waals surface area contributed by atoms with Crippen LogP contribution in [0.5, 0.6) is 0 Å². The van der Waals surface area contributed by atoms with Crippen LogP contribution in [0.4, 0.5) is 0 Å². The molecule has 0 fully saturated rings. The highest BCUT2D eigenvalue weighted by molar-refractivity contribution is 9.11. The molecule has 0 saturated carbocycles. The van der Waals surface area contributed by atoms with Crippen LogP contribution in [0.2, 0.25) is 5.02 Å². The van der Waals surface area contributed by atoms with E-state index in [0.717, 1.165) is 25.7 Å². The lowest BCUT2D eigenvalue weighted by atomic mass is 10.3. The lowest BCUT2D eigenvalue weighted by molar-refractivity contribution is 1.05. The summed E-state index contributed by atoms with van der Waals surface area (Å²) in [5.74, 6) is 0. The lowest BCUT2D eigenvalue weighted by Crippen LogP contribution is -1.96. The zero-order valence-electron chi connectivity index (χ0n) is 9.45. The third kappa shape index (κ3) is 2.29. The summed E-state index contributed by atoms with van der Waals surface area (Å²) in [5.41, 5.74) is 2.86. The maximum Gasteiger partial charge on any atom is 0.182 e. The molecule has 0 spiro atoms. The van der Waals surface area contributed by atoms with Gasteiger partial charge in [0.1, 0.15) is 0 Å². The monoisotopic (exact) mass is 416 g/mol. The molecule has 3 aromatic rings. The summed E-state index contributed by atoms with van der Waals surface area (Å²) in [6.07, 6.45) is 0. The molecule has 2 nitrogen and oxygen atoms in total. The highest BCUT2D eigenvalue weighted by Crippen LogP contribution is 2.32. The fourth-order valence-corrected chi connectivity index (χ4v) is 3.82. The van der Waals surface area contributed by atoms with Crippen molar-refractivity contribution in [2.24, 2.45) is 0 Å². The first-order valence-electron chi connectivity index (χ1n) is 5.42. The molecule has 0 amide bonds. The van der Waals surface area contributed by atoms with Gasteiger partial charge in [-0.25, -0.2) is 0 Å². The molecule has 6 heteroatoms. The molecule has 0 saturated heterocycles. The number of halogens is 3. The molecular formula is C13H7Br2ClN2S. The number of para-hydroxylation sites is 1. The first-order valence-corrected chi connectivity index (χ1v) is 7.80. The standard InChI is InChI=1S/C13H7Br2ClN2S/c14-8-2-1-3-9(15)12(8)18-11-6-7(16)4-5-10(11)17-13(18)19/h1-6H,(H,17,19). The Balaban J connectivity index is 2.46. The van der Waals surface area contributed by atoms with Crippen molar-refractivity contribution in [3.63, 3.8) is 0 Å². The molecule has 0 unspecified atom stereocenters. The Kier molecular flexibility index (Phi) is 3.55. The number of aromatic nitrogens is 2. The second kappa shape index (κ2) is 5.05. The van der Waals surface area contributed by atoms with E-state index in [4.69, 9.17) is 23.8 Å². The van der Waals surface area contributed by atoms with Crippen LogP contribution in [0, 0.1) is 4.77 Å². The van der Waals surface area contributed by atoms with Crippen LogP contribution < -0.4 is 0 Å². The number of H-pyrrole nitrogens is 1. The predicted octanol–water partition coefficient (Wildman–Crippen LogP) is 5.87. The SMILES string of the molecule is S=c1[nH]c2ccc(Cl)cc2n1-c1c(Br)cccc1Br. The van der Waals surface area contributed by atoms with E-state index in [9.17, 15) is 0 Å². The van der Waals surface area contributed by atoms with E-state index >= 15 is 0 Å². The van der Waals surface area contributed by atoms with Gasteiger partial charge in [-0.15, -0.1) is 0 Å². The van der Waals surface area contributed by atoms with E-state index in [1.807, 2.05) is 41.0 Å². The number of imidazole rings is 1. The van der Waals surface area contributed by atoms with Crippen LogP contribution in [-0.4, -0.2) is 9.55 Å². The number of hydrogen-bond donors (Lipinski definition) is 1. The van der Waals surface area contributed by atoms with Gasteiger partial charge in [0, 0.05) is 14.0 Å². The summed E-state index contributed by atoms with van der Waals surface area (Å²) >= 11 is 18.6. The van der Waals surface area contributed by atoms with E-state index in [2.05, 4.69) is 36.8 Å². The van der Waals surface area contributed by atoms with Gasteiger partial charge in [-0.3, -0.25) is 4.57 Å². The average Bonchev–Trinajstić information content (AvgIpc) is 2.66. The molecule has 0 aliphatic carbocycles. The first-order chi connectivity index (χ1) is 9.08. The summed E-state index contributed by atoms with van der Waals surface area (Å²) in [6, 6.07) is 11.6. The van der Waals surface area contributed by atoms with Crippen molar-refractivity contribution in [1.82, 2.24) is 9.55 Å². The Labute approximate surface area is 136 Å². The van der Waals surface area contributed by atoms with Crippen molar-refractivity contribution >= 4 is 66.7 Å². The molecule has 2 aromatic carbocycles. The number of nitrogens with zero attached hydrogens (tertiary/aromatic N) is 1. The minimum atomic E-state index is 0.630. The maximum absolute atomic E-state index is 6.08. The van der Waals surface area contributed by atoms with E-state index in [1.165, 1.54) is 0 Å². The molecule has 0 aliphatic rings. The maximum atomic E-state index is 6.08. The molecule has 19 heavy (non-hydrogen) atoms. The van der Waals surface area contributed by atoms with Gasteiger partial charge in [0.2, 0.25) is 0 Å². The van der Waals surface area contributed by atoms with Crippen LogP contribution in [0.1, 0.15) is 0 Å². The van der Waals surface area contributed by atoms with Crippen LogP contribution >= 0.6 is 55.7 Å². The molecule has 0 atom stereocenters. The average molecular weight is 419 g/mol. The number of aromatic amines is 1. The zero-order valence-corrected chi connectivity index (χ0v) is 14.2. The van der Waals surface area contributed by atoms with Gasteiger partial charge in [0.05, 0.1) is 16.7 Å². The van der Waals surface area contributed by atoms with E-state index in [-0.39, 0.29) is 0 Å². The number of rotatable bonds is 1. The third-order valence-electron chi connectivity index (χ3n) is 2.81. The van der Waals surface area contributed by atoms with Crippen molar-refractivity contribution in [3.8, 4) is 5.69 Å². The van der Waals surface area contributed by atoms with Crippen molar-refractivity contribution in [2.45, 2.75) is 0 Å². The van der Waals surface area contributed by atoms with Crippen LogP contribution in [-0.2, 0) is 0 Å².